The van der Waals surface area contributed by atoms with Crippen molar-refractivity contribution in [3.63, 3.8) is 0 Å². The van der Waals surface area contributed by atoms with Gasteiger partial charge in [0.1, 0.15) is 5.82 Å². The highest BCUT2D eigenvalue weighted by molar-refractivity contribution is 7.80. The van der Waals surface area contributed by atoms with Crippen LogP contribution in [0.5, 0.6) is 0 Å². The van der Waals surface area contributed by atoms with Gasteiger partial charge in [-0.3, -0.25) is 0 Å². The van der Waals surface area contributed by atoms with Crippen molar-refractivity contribution < 1.29 is 0 Å². The summed E-state index contributed by atoms with van der Waals surface area (Å²) in [5, 5.41) is 4.56. The van der Waals surface area contributed by atoms with E-state index in [1.165, 1.54) is 25.7 Å². The number of pyridine rings is 1. The number of nitrogens with zero attached hydrogens (tertiary/aromatic N) is 3. The first-order chi connectivity index (χ1) is 10.7. The summed E-state index contributed by atoms with van der Waals surface area (Å²) in [6.45, 7) is 6.27. The van der Waals surface area contributed by atoms with E-state index in [0.29, 0.717) is 6.04 Å². The summed E-state index contributed by atoms with van der Waals surface area (Å²) in [4.78, 5) is 9.09. The third-order valence-electron chi connectivity index (χ3n) is 4.96. The van der Waals surface area contributed by atoms with Gasteiger partial charge in [-0.1, -0.05) is 25.8 Å². The van der Waals surface area contributed by atoms with Gasteiger partial charge in [0.15, 0.2) is 5.11 Å². The van der Waals surface area contributed by atoms with Gasteiger partial charge in [0.25, 0.3) is 0 Å². The Morgan fingerprint density at radius 2 is 1.95 bits per heavy atom. The molecule has 0 radical (unpaired) electrons. The van der Waals surface area contributed by atoms with E-state index in [4.69, 9.17) is 12.2 Å². The van der Waals surface area contributed by atoms with E-state index >= 15 is 0 Å². The molecule has 4 nitrogen and oxygen atoms in total. The third-order valence-corrected chi connectivity index (χ3v) is 5.34. The zero-order valence-electron chi connectivity index (χ0n) is 13.4. The molecule has 22 heavy (non-hydrogen) atoms. The summed E-state index contributed by atoms with van der Waals surface area (Å²) in [7, 11) is 0. The highest BCUT2D eigenvalue weighted by Crippen LogP contribution is 2.24. The van der Waals surface area contributed by atoms with Crippen molar-refractivity contribution in [1.29, 1.82) is 0 Å². The highest BCUT2D eigenvalue weighted by Gasteiger charge is 2.25. The van der Waals surface area contributed by atoms with Crippen molar-refractivity contribution in [3.8, 4) is 0 Å². The van der Waals surface area contributed by atoms with Crippen LogP contribution >= 0.6 is 12.2 Å². The Bertz CT molecular complexity index is 485. The molecular formula is C17H26N4S. The van der Waals surface area contributed by atoms with Gasteiger partial charge in [-0.2, -0.15) is 0 Å². The fourth-order valence-corrected chi connectivity index (χ4v) is 3.79. The molecular weight excluding hydrogens is 292 g/mol. The van der Waals surface area contributed by atoms with Gasteiger partial charge in [0.05, 0.1) is 0 Å². The van der Waals surface area contributed by atoms with E-state index in [9.17, 15) is 0 Å². The maximum Gasteiger partial charge on any atom is 0.169 e. The van der Waals surface area contributed by atoms with Crippen molar-refractivity contribution in [1.82, 2.24) is 15.2 Å². The Balaban J connectivity index is 1.49. The molecule has 120 valence electrons. The molecule has 3 rings (SSSR count). The molecule has 1 N–H and O–H groups in total. The Morgan fingerprint density at radius 3 is 2.64 bits per heavy atom. The molecule has 2 aliphatic rings. The Labute approximate surface area is 138 Å². The molecule has 1 saturated carbocycles. The van der Waals surface area contributed by atoms with Crippen LogP contribution in [-0.4, -0.2) is 47.2 Å². The summed E-state index contributed by atoms with van der Waals surface area (Å²) >= 11 is 5.64. The zero-order chi connectivity index (χ0) is 15.4. The zero-order valence-corrected chi connectivity index (χ0v) is 14.2. The molecule has 1 aliphatic heterocycles. The minimum absolute atomic E-state index is 0.565. The molecule has 2 fully saturated rings. The van der Waals surface area contributed by atoms with Crippen LogP contribution in [0.25, 0.3) is 0 Å². The van der Waals surface area contributed by atoms with Gasteiger partial charge < -0.3 is 15.1 Å². The number of nitrogens with one attached hydrogen (secondary N) is 1. The van der Waals surface area contributed by atoms with Crippen LogP contribution in [0.15, 0.2) is 24.4 Å². The van der Waals surface area contributed by atoms with Gasteiger partial charge in [-0.25, -0.2) is 4.98 Å². The topological polar surface area (TPSA) is 31.4 Å². The Morgan fingerprint density at radius 1 is 1.18 bits per heavy atom. The van der Waals surface area contributed by atoms with E-state index in [-0.39, 0.29) is 0 Å². The predicted molar refractivity (Wildman–Crippen MR) is 95.2 cm³/mol. The van der Waals surface area contributed by atoms with Gasteiger partial charge in [-0.05, 0) is 43.1 Å². The van der Waals surface area contributed by atoms with E-state index in [1.807, 2.05) is 18.3 Å². The fraction of sp³-hybridized carbons (Fsp3) is 0.647. The van der Waals surface area contributed by atoms with Gasteiger partial charge in [-0.15, -0.1) is 0 Å². The van der Waals surface area contributed by atoms with Crippen molar-refractivity contribution in [2.45, 2.75) is 38.6 Å². The minimum Gasteiger partial charge on any atom is -0.360 e. The van der Waals surface area contributed by atoms with E-state index in [0.717, 1.165) is 43.0 Å². The molecule has 0 spiro atoms. The lowest BCUT2D eigenvalue weighted by molar-refractivity contribution is 0.293. The average molecular weight is 318 g/mol. The lowest BCUT2D eigenvalue weighted by Crippen LogP contribution is -2.54. The maximum absolute atomic E-state index is 5.64. The Hall–Kier alpha value is -1.36. The molecule has 0 unspecified atom stereocenters. The molecule has 0 aromatic carbocycles. The normalized spacial score (nSPS) is 25.9. The largest absolute Gasteiger partial charge is 0.360 e. The second-order valence-corrected chi connectivity index (χ2v) is 6.87. The third kappa shape index (κ3) is 3.69. The first-order valence-corrected chi connectivity index (χ1v) is 8.86. The number of anilines is 1. The first kappa shape index (κ1) is 15.5. The second-order valence-electron chi connectivity index (χ2n) is 6.48. The van der Waals surface area contributed by atoms with E-state index < -0.39 is 0 Å². The molecule has 0 bridgehead atoms. The molecule has 2 atom stereocenters. The number of rotatable bonds is 2. The smallest absolute Gasteiger partial charge is 0.169 e. The first-order valence-electron chi connectivity index (χ1n) is 8.45. The van der Waals surface area contributed by atoms with Crippen LogP contribution in [0.4, 0.5) is 5.82 Å². The predicted octanol–water partition coefficient (Wildman–Crippen LogP) is 2.66. The summed E-state index contributed by atoms with van der Waals surface area (Å²) in [6.07, 6.45) is 7.15. The maximum atomic E-state index is 5.64. The van der Waals surface area contributed by atoms with Crippen molar-refractivity contribution in [3.05, 3.63) is 24.4 Å². The van der Waals surface area contributed by atoms with E-state index in [2.05, 4.69) is 33.1 Å². The highest BCUT2D eigenvalue weighted by atomic mass is 32.1. The lowest BCUT2D eigenvalue weighted by atomic mass is 9.86. The summed E-state index contributed by atoms with van der Waals surface area (Å²) in [5.41, 5.74) is 0. The second kappa shape index (κ2) is 7.27. The monoisotopic (exact) mass is 318 g/mol. The van der Waals surface area contributed by atoms with Gasteiger partial charge in [0.2, 0.25) is 0 Å². The summed E-state index contributed by atoms with van der Waals surface area (Å²) < 4.78 is 0. The Kier molecular flexibility index (Phi) is 5.13. The van der Waals surface area contributed by atoms with Crippen molar-refractivity contribution in [2.24, 2.45) is 5.92 Å². The summed E-state index contributed by atoms with van der Waals surface area (Å²) in [5.74, 6) is 1.81. The molecule has 1 aliphatic carbocycles. The fourth-order valence-electron chi connectivity index (χ4n) is 3.46. The molecule has 1 saturated heterocycles. The van der Waals surface area contributed by atoms with Crippen LogP contribution in [0.2, 0.25) is 0 Å². The standard InChI is InChI=1S/C17H26N4S/c1-14-6-2-3-7-15(14)19-17(22)21-12-10-20(11-13-21)16-8-4-5-9-18-16/h4-5,8-9,14-15H,2-3,6-7,10-13H2,1H3,(H,19,22)/t14-,15+/m0/s1. The summed E-state index contributed by atoms with van der Waals surface area (Å²) in [6, 6.07) is 6.65. The lowest BCUT2D eigenvalue weighted by Gasteiger charge is -2.39. The minimum atomic E-state index is 0.565. The number of piperazine rings is 1. The molecule has 5 heteroatoms. The molecule has 1 aromatic heterocycles. The van der Waals surface area contributed by atoms with E-state index in [1.54, 1.807) is 0 Å². The quantitative estimate of drug-likeness (QED) is 0.847. The number of hydrogen-bond donors (Lipinski definition) is 1. The van der Waals surface area contributed by atoms with Crippen molar-refractivity contribution in [2.75, 3.05) is 31.1 Å². The number of thiocarbonyl (C=S) groups is 1. The molecule has 0 amide bonds. The van der Waals surface area contributed by atoms with Crippen LogP contribution in [0.1, 0.15) is 32.6 Å². The van der Waals surface area contributed by atoms with Crippen LogP contribution in [-0.2, 0) is 0 Å². The average Bonchev–Trinajstić information content (AvgIpc) is 2.58. The van der Waals surface area contributed by atoms with Gasteiger partial charge >= 0.3 is 0 Å². The van der Waals surface area contributed by atoms with Crippen LogP contribution in [0.3, 0.4) is 0 Å². The van der Waals surface area contributed by atoms with Crippen LogP contribution in [0, 0.1) is 5.92 Å². The van der Waals surface area contributed by atoms with Gasteiger partial charge in [0, 0.05) is 38.4 Å². The van der Waals surface area contributed by atoms with Crippen molar-refractivity contribution >= 4 is 23.1 Å². The SMILES string of the molecule is C[C@H]1CCCC[C@H]1NC(=S)N1CCN(c2ccccn2)CC1. The molecule has 2 heterocycles. The van der Waals surface area contributed by atoms with Crippen LogP contribution < -0.4 is 10.2 Å². The molecule has 1 aromatic rings. The number of hydrogen-bond acceptors (Lipinski definition) is 3. The number of aromatic nitrogens is 1.